The smallest absolute Gasteiger partial charge is 0.268 e. The predicted molar refractivity (Wildman–Crippen MR) is 110 cm³/mol. The van der Waals surface area contributed by atoms with E-state index in [4.69, 9.17) is 11.6 Å². The lowest BCUT2D eigenvalue weighted by Gasteiger charge is -2.18. The molecule has 1 amide bonds. The first kappa shape index (κ1) is 18.2. The normalized spacial score (nSPS) is 14.3. The van der Waals surface area contributed by atoms with E-state index in [1.54, 1.807) is 30.1 Å². The number of amides is 1. The van der Waals surface area contributed by atoms with E-state index in [1.165, 1.54) is 17.4 Å². The summed E-state index contributed by atoms with van der Waals surface area (Å²) in [7, 11) is -1.74. The summed E-state index contributed by atoms with van der Waals surface area (Å²) < 4.78 is 25.2. The Bertz CT molecular complexity index is 1180. The van der Waals surface area contributed by atoms with E-state index in [-0.39, 0.29) is 16.6 Å². The molecule has 0 saturated heterocycles. The molecular weight excluding hydrogens is 402 g/mol. The van der Waals surface area contributed by atoms with E-state index in [9.17, 15) is 13.2 Å². The zero-order valence-corrected chi connectivity index (χ0v) is 17.1. The van der Waals surface area contributed by atoms with E-state index in [2.05, 4.69) is 0 Å². The molecule has 138 valence electrons. The van der Waals surface area contributed by atoms with Gasteiger partial charge in [0, 0.05) is 28.2 Å². The molecule has 3 aromatic rings. The molecule has 0 aliphatic carbocycles. The molecule has 0 saturated carbocycles. The number of fused-ring (bicyclic) bond motifs is 3. The molecule has 4 nitrogen and oxygen atoms in total. The summed E-state index contributed by atoms with van der Waals surface area (Å²) >= 11 is 7.31. The number of carbonyl (C=O) groups excluding carboxylic acids is 1. The third-order valence-electron chi connectivity index (χ3n) is 4.67. The molecule has 0 bridgehead atoms. The molecule has 1 aliphatic rings. The van der Waals surface area contributed by atoms with Crippen LogP contribution in [0.3, 0.4) is 0 Å². The molecule has 1 aliphatic heterocycles. The van der Waals surface area contributed by atoms with Gasteiger partial charge in [-0.25, -0.2) is 8.42 Å². The number of hydrogen-bond donors (Lipinski definition) is 0. The summed E-state index contributed by atoms with van der Waals surface area (Å²) in [6.07, 6.45) is 0. The Hall–Kier alpha value is -2.15. The number of aryl methyl sites for hydroxylation is 1. The Kier molecular flexibility index (Phi) is 4.37. The van der Waals surface area contributed by atoms with E-state index in [0.717, 1.165) is 16.1 Å². The van der Waals surface area contributed by atoms with Gasteiger partial charge in [0.05, 0.1) is 15.5 Å². The second kappa shape index (κ2) is 6.48. The fourth-order valence-corrected chi connectivity index (χ4v) is 6.50. The number of rotatable bonds is 2. The molecule has 4 rings (SSSR count). The van der Waals surface area contributed by atoms with Crippen molar-refractivity contribution >= 4 is 44.4 Å². The second-order valence-electron chi connectivity index (χ2n) is 6.52. The first-order valence-corrected chi connectivity index (χ1v) is 11.1. The molecular formula is C20H16ClNO3S2. The minimum absolute atomic E-state index is 0.118. The zero-order chi connectivity index (χ0) is 19.3. The highest BCUT2D eigenvalue weighted by atomic mass is 35.5. The van der Waals surface area contributed by atoms with Crippen molar-refractivity contribution in [2.45, 2.75) is 17.6 Å². The van der Waals surface area contributed by atoms with Crippen LogP contribution < -0.4 is 4.90 Å². The molecule has 0 spiro atoms. The van der Waals surface area contributed by atoms with Gasteiger partial charge in [0.15, 0.2) is 9.84 Å². The average Bonchev–Trinajstić information content (AvgIpc) is 3.04. The summed E-state index contributed by atoms with van der Waals surface area (Å²) in [6.45, 7) is 1.95. The number of para-hydroxylation sites is 1. The zero-order valence-electron chi connectivity index (χ0n) is 14.7. The standard InChI is InChI=1S/C20H16ClNO3S2/c1-12-5-3-4-6-16(12)22(2)20(23)17-9-13-11-27(24,25)18-10-14(21)7-8-15(18)19(13)26-17/h3-10H,11H2,1-2H3. The van der Waals surface area contributed by atoms with Gasteiger partial charge in [0.2, 0.25) is 0 Å². The maximum Gasteiger partial charge on any atom is 0.268 e. The Morgan fingerprint density at radius 3 is 2.63 bits per heavy atom. The number of sulfone groups is 1. The van der Waals surface area contributed by atoms with Crippen LogP contribution in [0.25, 0.3) is 10.4 Å². The Morgan fingerprint density at radius 2 is 1.89 bits per heavy atom. The second-order valence-corrected chi connectivity index (χ2v) is 9.96. The van der Waals surface area contributed by atoms with Crippen molar-refractivity contribution in [2.75, 3.05) is 11.9 Å². The molecule has 0 fully saturated rings. The number of thiophene rings is 1. The van der Waals surface area contributed by atoms with Crippen LogP contribution in [0.4, 0.5) is 5.69 Å². The number of carbonyl (C=O) groups is 1. The Balaban J connectivity index is 1.79. The van der Waals surface area contributed by atoms with E-state index in [0.29, 0.717) is 21.0 Å². The molecule has 0 radical (unpaired) electrons. The maximum atomic E-state index is 13.0. The van der Waals surface area contributed by atoms with Crippen molar-refractivity contribution in [3.8, 4) is 10.4 Å². The van der Waals surface area contributed by atoms with Crippen LogP contribution in [0.5, 0.6) is 0 Å². The highest BCUT2D eigenvalue weighted by Crippen LogP contribution is 2.44. The summed E-state index contributed by atoms with van der Waals surface area (Å²) in [4.78, 5) is 16.2. The number of nitrogens with zero attached hydrogens (tertiary/aromatic N) is 1. The SMILES string of the molecule is Cc1ccccc1N(C)C(=O)c1cc2c(s1)-c1ccc(Cl)cc1S(=O)(=O)C2. The van der Waals surface area contributed by atoms with Crippen molar-refractivity contribution in [3.63, 3.8) is 0 Å². The lowest BCUT2D eigenvalue weighted by Crippen LogP contribution is -2.26. The van der Waals surface area contributed by atoms with E-state index in [1.807, 2.05) is 31.2 Å². The van der Waals surface area contributed by atoms with Crippen molar-refractivity contribution in [1.82, 2.24) is 0 Å². The molecule has 2 aromatic carbocycles. The van der Waals surface area contributed by atoms with Crippen LogP contribution in [0.1, 0.15) is 20.8 Å². The van der Waals surface area contributed by atoms with Gasteiger partial charge in [0.25, 0.3) is 5.91 Å². The van der Waals surface area contributed by atoms with Crippen molar-refractivity contribution < 1.29 is 13.2 Å². The quantitative estimate of drug-likeness (QED) is 0.593. The van der Waals surface area contributed by atoms with Crippen LogP contribution in [0.15, 0.2) is 53.4 Å². The first-order valence-electron chi connectivity index (χ1n) is 8.27. The number of anilines is 1. The van der Waals surface area contributed by atoms with Crippen LogP contribution in [-0.4, -0.2) is 21.4 Å². The summed E-state index contributed by atoms with van der Waals surface area (Å²) in [6, 6.07) is 14.2. The van der Waals surface area contributed by atoms with Gasteiger partial charge < -0.3 is 4.90 Å². The lowest BCUT2D eigenvalue weighted by atomic mass is 10.1. The minimum atomic E-state index is -3.47. The molecule has 27 heavy (non-hydrogen) atoms. The highest BCUT2D eigenvalue weighted by Gasteiger charge is 2.31. The van der Waals surface area contributed by atoms with Gasteiger partial charge in [-0.3, -0.25) is 4.79 Å². The van der Waals surface area contributed by atoms with E-state index >= 15 is 0 Å². The van der Waals surface area contributed by atoms with Crippen molar-refractivity contribution in [2.24, 2.45) is 0 Å². The van der Waals surface area contributed by atoms with Gasteiger partial charge in [-0.15, -0.1) is 11.3 Å². The molecule has 0 N–H and O–H groups in total. The average molecular weight is 418 g/mol. The van der Waals surface area contributed by atoms with Crippen LogP contribution in [0.2, 0.25) is 5.02 Å². The van der Waals surface area contributed by atoms with Crippen LogP contribution in [-0.2, 0) is 15.6 Å². The van der Waals surface area contributed by atoms with Gasteiger partial charge >= 0.3 is 0 Å². The Labute approximate surface area is 166 Å². The van der Waals surface area contributed by atoms with Gasteiger partial charge in [-0.1, -0.05) is 35.9 Å². The minimum Gasteiger partial charge on any atom is -0.310 e. The third-order valence-corrected chi connectivity index (χ3v) is 7.80. The fraction of sp³-hybridized carbons (Fsp3) is 0.150. The van der Waals surface area contributed by atoms with Gasteiger partial charge in [0.1, 0.15) is 0 Å². The molecule has 2 heterocycles. The highest BCUT2D eigenvalue weighted by molar-refractivity contribution is 7.91. The lowest BCUT2D eigenvalue weighted by molar-refractivity contribution is 0.0996. The van der Waals surface area contributed by atoms with Gasteiger partial charge in [-0.2, -0.15) is 0 Å². The number of benzene rings is 2. The third kappa shape index (κ3) is 3.08. The van der Waals surface area contributed by atoms with Crippen LogP contribution in [0, 0.1) is 6.92 Å². The number of halogens is 1. The molecule has 7 heteroatoms. The van der Waals surface area contributed by atoms with Crippen LogP contribution >= 0.6 is 22.9 Å². The maximum absolute atomic E-state index is 13.0. The molecule has 0 atom stereocenters. The van der Waals surface area contributed by atoms with Crippen molar-refractivity contribution in [3.05, 3.63) is 69.6 Å². The predicted octanol–water partition coefficient (Wildman–Crippen LogP) is 4.94. The number of hydrogen-bond acceptors (Lipinski definition) is 4. The topological polar surface area (TPSA) is 54.5 Å². The van der Waals surface area contributed by atoms with E-state index < -0.39 is 9.84 Å². The largest absolute Gasteiger partial charge is 0.310 e. The summed E-state index contributed by atoms with van der Waals surface area (Å²) in [5.41, 5.74) is 3.10. The summed E-state index contributed by atoms with van der Waals surface area (Å²) in [5, 5.41) is 0.382. The summed E-state index contributed by atoms with van der Waals surface area (Å²) in [5.74, 6) is -0.273. The molecule has 0 unspecified atom stereocenters. The van der Waals surface area contributed by atoms with Gasteiger partial charge in [-0.05, 0) is 42.3 Å². The van der Waals surface area contributed by atoms with Crippen molar-refractivity contribution in [1.29, 1.82) is 0 Å². The fourth-order valence-electron chi connectivity index (χ4n) is 3.31. The Morgan fingerprint density at radius 1 is 1.15 bits per heavy atom. The first-order chi connectivity index (χ1) is 12.8. The monoisotopic (exact) mass is 417 g/mol. The molecule has 1 aromatic heterocycles.